The van der Waals surface area contributed by atoms with Crippen molar-refractivity contribution >= 4 is 88.0 Å². The first-order valence-corrected chi connectivity index (χ1v) is 35.1. The molecule has 0 N–H and O–H groups in total. The van der Waals surface area contributed by atoms with Crippen molar-refractivity contribution in [1.29, 1.82) is 0 Å². The highest BCUT2D eigenvalue weighted by molar-refractivity contribution is 8.02. The SMILES string of the molecule is COCCOCCOCCN(CCCC(=O)N(C)CC(C)(C)SC1CC(=O)N(CC2CCC(C(=O)ON3C(=O)CCC3=O)CC2)C1=O)c1cc(COc2cc3c(cc2C)C(=O)N2c4ccccc4C[C@H]2CC3)cc(COc2cc3c(cc2OC)C(=O)N2c4ccccc4C[C@H]2C=N3)c1. The van der Waals surface area contributed by atoms with Crippen LogP contribution in [0.25, 0.3) is 0 Å². The van der Waals surface area contributed by atoms with Crippen LogP contribution >= 0.6 is 11.8 Å². The molecule has 518 valence electrons. The Morgan fingerprint density at radius 3 is 2.04 bits per heavy atom. The maximum absolute atomic E-state index is 14.4. The van der Waals surface area contributed by atoms with Crippen LogP contribution in [0.2, 0.25) is 0 Å². The van der Waals surface area contributed by atoms with E-state index in [0.29, 0.717) is 130 Å². The molecule has 6 heterocycles. The molecule has 7 aliphatic rings. The molecule has 22 nitrogen and oxygen atoms in total. The van der Waals surface area contributed by atoms with Crippen molar-refractivity contribution in [2.24, 2.45) is 16.8 Å². The number of hydrogen-bond acceptors (Lipinski definition) is 18. The van der Waals surface area contributed by atoms with Gasteiger partial charge in [-0.15, -0.1) is 16.8 Å². The molecular weight excluding hydrogens is 1270 g/mol. The number of ether oxygens (including phenoxy) is 6. The zero-order valence-electron chi connectivity index (χ0n) is 56.8. The average molecular weight is 1360 g/mol. The molecule has 6 aliphatic heterocycles. The number of aryl methyl sites for hydroxylation is 2. The number of likely N-dealkylation sites (tertiary alicyclic amines) is 1. The van der Waals surface area contributed by atoms with Crippen molar-refractivity contribution in [3.05, 3.63) is 136 Å². The predicted octanol–water partition coefficient (Wildman–Crippen LogP) is 9.74. The molecule has 1 aliphatic carbocycles. The Labute approximate surface area is 576 Å². The van der Waals surface area contributed by atoms with Gasteiger partial charge in [0.2, 0.25) is 17.7 Å². The number of anilines is 3. The predicted molar refractivity (Wildman–Crippen MR) is 369 cm³/mol. The number of thioether (sulfide) groups is 1. The summed E-state index contributed by atoms with van der Waals surface area (Å²) in [5.41, 5.74) is 9.95. The smallest absolute Gasteiger partial charge is 0.336 e. The summed E-state index contributed by atoms with van der Waals surface area (Å²) in [6, 6.07) is 29.5. The minimum Gasteiger partial charge on any atom is -0.493 e. The second-order valence-electron chi connectivity index (χ2n) is 27.1. The monoisotopic (exact) mass is 1360 g/mol. The fourth-order valence-corrected chi connectivity index (χ4v) is 16.1. The van der Waals surface area contributed by atoms with E-state index in [1.807, 2.05) is 92.5 Å². The molecule has 3 fully saturated rings. The first-order valence-electron chi connectivity index (χ1n) is 34.2. The van der Waals surface area contributed by atoms with E-state index in [1.54, 1.807) is 43.2 Å². The Balaban J connectivity index is 0.732. The van der Waals surface area contributed by atoms with E-state index >= 15 is 0 Å². The van der Waals surface area contributed by atoms with E-state index in [1.165, 1.54) is 22.2 Å². The third-order valence-electron chi connectivity index (χ3n) is 19.6. The Morgan fingerprint density at radius 1 is 0.663 bits per heavy atom. The van der Waals surface area contributed by atoms with Crippen LogP contribution in [0.5, 0.6) is 17.2 Å². The Bertz CT molecular complexity index is 3890. The average Bonchev–Trinajstić information content (AvgIpc) is 1.61. The van der Waals surface area contributed by atoms with Crippen LogP contribution in [0.15, 0.2) is 96.0 Å². The third kappa shape index (κ3) is 15.6. The maximum atomic E-state index is 14.4. The summed E-state index contributed by atoms with van der Waals surface area (Å²) >= 11 is 1.40. The topological polar surface area (TPSA) is 233 Å². The van der Waals surface area contributed by atoms with Gasteiger partial charge in [-0.1, -0.05) is 36.4 Å². The first kappa shape index (κ1) is 69.3. The number of nitrogens with zero attached hydrogens (tertiary/aromatic N) is 7. The number of para-hydroxylation sites is 2. The lowest BCUT2D eigenvalue weighted by molar-refractivity contribution is -0.201. The number of imide groups is 2. The van der Waals surface area contributed by atoms with Gasteiger partial charge < -0.3 is 48.0 Å². The lowest BCUT2D eigenvalue weighted by Gasteiger charge is -2.32. The molecule has 0 bridgehead atoms. The second kappa shape index (κ2) is 30.6. The number of hydrogen-bond donors (Lipinski definition) is 0. The number of hydroxylamine groups is 2. The van der Waals surface area contributed by atoms with E-state index in [0.717, 1.165) is 64.1 Å². The lowest BCUT2D eigenvalue weighted by atomic mass is 9.82. The normalized spacial score (nSPS) is 20.2. The molecule has 12 rings (SSSR count). The molecule has 7 amide bonds. The Kier molecular flexibility index (Phi) is 21.7. The van der Waals surface area contributed by atoms with E-state index in [4.69, 9.17) is 38.3 Å². The van der Waals surface area contributed by atoms with E-state index < -0.39 is 33.7 Å². The largest absolute Gasteiger partial charge is 0.493 e. The van der Waals surface area contributed by atoms with Gasteiger partial charge in [0.05, 0.1) is 68.6 Å². The minimum absolute atomic E-state index is 0.00523. The van der Waals surface area contributed by atoms with Crippen LogP contribution in [-0.2, 0) is 80.3 Å². The molecular formula is C75H87N7O15S. The van der Waals surface area contributed by atoms with Gasteiger partial charge in [0, 0.05) is 118 Å². The van der Waals surface area contributed by atoms with Gasteiger partial charge in [0.25, 0.3) is 23.6 Å². The van der Waals surface area contributed by atoms with Crippen molar-refractivity contribution in [2.75, 3.05) is 95.2 Å². The van der Waals surface area contributed by atoms with E-state index in [-0.39, 0.29) is 93.0 Å². The van der Waals surface area contributed by atoms with Crippen LogP contribution < -0.4 is 28.9 Å². The maximum Gasteiger partial charge on any atom is 0.336 e. The van der Waals surface area contributed by atoms with Crippen molar-refractivity contribution in [1.82, 2.24) is 14.9 Å². The molecule has 0 spiro atoms. The highest BCUT2D eigenvalue weighted by Crippen LogP contribution is 2.44. The molecule has 1 unspecified atom stereocenters. The molecule has 5 aromatic carbocycles. The van der Waals surface area contributed by atoms with Gasteiger partial charge in [0.15, 0.2) is 11.5 Å². The van der Waals surface area contributed by atoms with Gasteiger partial charge in [-0.2, -0.15) is 0 Å². The van der Waals surface area contributed by atoms with Crippen molar-refractivity contribution < 1.29 is 71.6 Å². The fraction of sp³-hybridized carbons (Fsp3) is 0.480. The van der Waals surface area contributed by atoms with Crippen LogP contribution in [-0.4, -0.2) is 171 Å². The standard InChI is InChI=1S/C75H87N7O15S/c1-47-32-58-52(21-22-55-36-53-12-7-9-14-61(53)80(55)71(58)87)38-63(47)95-44-49-33-50(45-96-65-40-60-59(39-64(65)92-6)72(88)81-57(42-76-60)37-54-13-8-10-15-62(54)81)35-56(34-49)78(26-27-93-30-31-94-29-28-91-5)25-11-16-67(83)77(4)46-75(2,3)98-66-41-70(86)79(73(66)89)43-48-17-19-51(20-18-48)74(90)97-82-68(84)23-24-69(82)85/h7-10,12-15,32-35,38-40,42,48,51,55,57,66H,11,16-31,36-37,41,43-46H2,1-6H3/t48?,51?,55-,57+,66?/m1/s1. The summed E-state index contributed by atoms with van der Waals surface area (Å²) < 4.78 is 35.8. The molecule has 5 aromatic rings. The number of benzene rings is 5. The summed E-state index contributed by atoms with van der Waals surface area (Å²) in [5.74, 6) is -1.47. The number of methoxy groups -OCH3 is 2. The molecule has 0 radical (unpaired) electrons. The fourth-order valence-electron chi connectivity index (χ4n) is 14.6. The van der Waals surface area contributed by atoms with Gasteiger partial charge in [-0.25, -0.2) is 4.79 Å². The number of carbonyl (C=O) groups is 8. The van der Waals surface area contributed by atoms with Gasteiger partial charge in [0.1, 0.15) is 19.0 Å². The summed E-state index contributed by atoms with van der Waals surface area (Å²) in [5, 5.41) is -0.0514. The summed E-state index contributed by atoms with van der Waals surface area (Å²) in [7, 11) is 4.93. The quantitative estimate of drug-likeness (QED) is 0.0320. The first-order chi connectivity index (χ1) is 47.3. The van der Waals surface area contributed by atoms with E-state index in [2.05, 4.69) is 23.1 Å². The summed E-state index contributed by atoms with van der Waals surface area (Å²) in [4.78, 5) is 126. The molecule has 3 atom stereocenters. The Morgan fingerprint density at radius 2 is 1.33 bits per heavy atom. The number of amides is 7. The van der Waals surface area contributed by atoms with E-state index in [9.17, 15) is 38.4 Å². The minimum atomic E-state index is -0.622. The van der Waals surface area contributed by atoms with Crippen LogP contribution in [0, 0.1) is 18.8 Å². The van der Waals surface area contributed by atoms with Crippen molar-refractivity contribution in [2.45, 2.75) is 140 Å². The molecule has 98 heavy (non-hydrogen) atoms. The molecule has 23 heteroatoms. The molecule has 1 saturated carbocycles. The zero-order valence-corrected chi connectivity index (χ0v) is 57.6. The number of carbonyl (C=O) groups excluding carboxylic acids is 8. The highest BCUT2D eigenvalue weighted by atomic mass is 32.2. The molecule has 0 aromatic heterocycles. The number of fused-ring (bicyclic) bond motifs is 8. The highest BCUT2D eigenvalue weighted by Gasteiger charge is 2.45. The van der Waals surface area contributed by atoms with Crippen LogP contribution in [0.3, 0.4) is 0 Å². The summed E-state index contributed by atoms with van der Waals surface area (Å²) in [6.45, 7) is 9.66. The lowest BCUT2D eigenvalue weighted by Crippen LogP contribution is -2.41. The van der Waals surface area contributed by atoms with Gasteiger partial charge >= 0.3 is 5.97 Å². The zero-order chi connectivity index (χ0) is 68.8. The van der Waals surface area contributed by atoms with Crippen molar-refractivity contribution in [3.8, 4) is 17.2 Å². The third-order valence-corrected chi connectivity index (χ3v) is 21.1. The summed E-state index contributed by atoms with van der Waals surface area (Å²) in [6.07, 6.45) is 7.67. The van der Waals surface area contributed by atoms with Gasteiger partial charge in [-0.05, 0) is 160 Å². The number of aliphatic imine (C=N–C) groups is 1. The number of rotatable bonds is 29. The van der Waals surface area contributed by atoms with Gasteiger partial charge in [-0.3, -0.25) is 48.4 Å². The van der Waals surface area contributed by atoms with Crippen LogP contribution in [0.4, 0.5) is 22.7 Å². The molecule has 2 saturated heterocycles. The van der Waals surface area contributed by atoms with Crippen molar-refractivity contribution in [3.63, 3.8) is 0 Å². The van der Waals surface area contributed by atoms with Crippen LogP contribution in [0.1, 0.15) is 132 Å². The second-order valence-corrected chi connectivity index (χ2v) is 29.0. The Hall–Kier alpha value is -8.64.